The van der Waals surface area contributed by atoms with Gasteiger partial charge in [-0.25, -0.2) is 0 Å². The van der Waals surface area contributed by atoms with E-state index < -0.39 is 0 Å². The largest absolute Gasteiger partial charge is 0.308 e. The second kappa shape index (κ2) is 5.83. The Bertz CT molecular complexity index is 345. The highest BCUT2D eigenvalue weighted by atomic mass is 79.9. The number of benzene rings is 1. The third-order valence-electron chi connectivity index (χ3n) is 3.06. The number of nitrogens with one attached hydrogen (secondary N) is 1. The van der Waals surface area contributed by atoms with Gasteiger partial charge >= 0.3 is 0 Å². The van der Waals surface area contributed by atoms with E-state index in [0.29, 0.717) is 0 Å². The minimum Gasteiger partial charge on any atom is -0.308 e. The van der Waals surface area contributed by atoms with Crippen LogP contribution in [0.1, 0.15) is 37.0 Å². The fraction of sp³-hybridized carbons (Fsp3) is 0.571. The van der Waals surface area contributed by atoms with E-state index in [0.717, 1.165) is 18.3 Å². The number of rotatable bonds is 5. The van der Waals surface area contributed by atoms with E-state index in [1.165, 1.54) is 16.7 Å². The second-order valence-electron chi connectivity index (χ2n) is 5.10. The van der Waals surface area contributed by atoms with Crippen molar-refractivity contribution in [3.63, 3.8) is 0 Å². The monoisotopic (exact) mass is 283 g/mol. The first-order valence-electron chi connectivity index (χ1n) is 5.82. The molecule has 1 N–H and O–H groups in total. The van der Waals surface area contributed by atoms with Gasteiger partial charge in [0.25, 0.3) is 0 Å². The molecule has 0 atom stereocenters. The van der Waals surface area contributed by atoms with Crippen molar-refractivity contribution in [2.75, 3.05) is 5.33 Å². The number of hydrogen-bond acceptors (Lipinski definition) is 1. The van der Waals surface area contributed by atoms with E-state index in [9.17, 15) is 0 Å². The van der Waals surface area contributed by atoms with Crippen molar-refractivity contribution in [2.24, 2.45) is 0 Å². The van der Waals surface area contributed by atoms with E-state index in [-0.39, 0.29) is 5.54 Å². The van der Waals surface area contributed by atoms with Crippen LogP contribution in [0.15, 0.2) is 18.2 Å². The number of aryl methyl sites for hydroxylation is 2. The van der Waals surface area contributed by atoms with E-state index >= 15 is 0 Å². The van der Waals surface area contributed by atoms with Crippen LogP contribution in [0.3, 0.4) is 0 Å². The lowest BCUT2D eigenvalue weighted by Gasteiger charge is -2.25. The fourth-order valence-corrected chi connectivity index (χ4v) is 2.57. The Morgan fingerprint density at radius 1 is 1.19 bits per heavy atom. The maximum absolute atomic E-state index is 3.59. The summed E-state index contributed by atoms with van der Waals surface area (Å²) >= 11 is 3.49. The molecule has 0 aliphatic rings. The van der Waals surface area contributed by atoms with E-state index in [4.69, 9.17) is 0 Å². The topological polar surface area (TPSA) is 12.0 Å². The molecule has 0 saturated carbocycles. The maximum Gasteiger partial charge on any atom is 0.0210 e. The highest BCUT2D eigenvalue weighted by Crippen LogP contribution is 2.13. The zero-order chi connectivity index (χ0) is 12.2. The van der Waals surface area contributed by atoms with Crippen molar-refractivity contribution in [1.29, 1.82) is 0 Å². The lowest BCUT2D eigenvalue weighted by atomic mass is 10.0. The molecule has 0 aliphatic carbocycles. The summed E-state index contributed by atoms with van der Waals surface area (Å²) in [4.78, 5) is 0. The van der Waals surface area contributed by atoms with Crippen molar-refractivity contribution in [3.8, 4) is 0 Å². The van der Waals surface area contributed by atoms with Gasteiger partial charge in [-0.2, -0.15) is 0 Å². The van der Waals surface area contributed by atoms with Crippen molar-refractivity contribution in [2.45, 2.75) is 46.2 Å². The molecule has 0 radical (unpaired) electrons. The molecule has 0 unspecified atom stereocenters. The summed E-state index contributed by atoms with van der Waals surface area (Å²) in [5.41, 5.74) is 4.30. The molecule has 0 spiro atoms. The standard InChI is InChI=1S/C14H22BrN/c1-11-5-6-13(9-12(11)2)10-16-14(3,4)7-8-15/h5-6,9,16H,7-8,10H2,1-4H3. The zero-order valence-electron chi connectivity index (χ0n) is 10.7. The molecule has 1 aromatic carbocycles. The molecule has 0 saturated heterocycles. The van der Waals surface area contributed by atoms with E-state index in [2.05, 4.69) is 67.1 Å². The molecule has 1 aromatic rings. The summed E-state index contributed by atoms with van der Waals surface area (Å²) < 4.78 is 0. The Kier molecular flexibility index (Phi) is 5.00. The average molecular weight is 284 g/mol. The Hall–Kier alpha value is -0.340. The summed E-state index contributed by atoms with van der Waals surface area (Å²) in [5, 5.41) is 4.63. The van der Waals surface area contributed by atoms with Gasteiger partial charge in [0.05, 0.1) is 0 Å². The molecular weight excluding hydrogens is 262 g/mol. The molecule has 0 heterocycles. The molecule has 0 aliphatic heterocycles. The Balaban J connectivity index is 2.57. The van der Waals surface area contributed by atoms with Crippen LogP contribution in [0.2, 0.25) is 0 Å². The third-order valence-corrected chi connectivity index (χ3v) is 3.46. The first-order valence-corrected chi connectivity index (χ1v) is 6.94. The minimum absolute atomic E-state index is 0.197. The van der Waals surface area contributed by atoms with Crippen LogP contribution >= 0.6 is 15.9 Å². The summed E-state index contributed by atoms with van der Waals surface area (Å²) in [5.74, 6) is 0. The first-order chi connectivity index (χ1) is 7.44. The molecule has 0 aromatic heterocycles. The number of hydrogen-bond donors (Lipinski definition) is 1. The number of alkyl halides is 1. The van der Waals surface area contributed by atoms with Crippen LogP contribution in [-0.4, -0.2) is 10.9 Å². The summed E-state index contributed by atoms with van der Waals surface area (Å²) in [6.45, 7) is 9.76. The van der Waals surface area contributed by atoms with Crippen molar-refractivity contribution >= 4 is 15.9 Å². The van der Waals surface area contributed by atoms with Crippen molar-refractivity contribution < 1.29 is 0 Å². The van der Waals surface area contributed by atoms with Crippen LogP contribution in [-0.2, 0) is 6.54 Å². The highest BCUT2D eigenvalue weighted by molar-refractivity contribution is 9.09. The molecule has 0 bridgehead atoms. The molecular formula is C14H22BrN. The van der Waals surface area contributed by atoms with Gasteiger partial charge in [0, 0.05) is 17.4 Å². The minimum atomic E-state index is 0.197. The quantitative estimate of drug-likeness (QED) is 0.807. The van der Waals surface area contributed by atoms with Gasteiger partial charge in [-0.3, -0.25) is 0 Å². The molecule has 1 rings (SSSR count). The van der Waals surface area contributed by atoms with E-state index in [1.54, 1.807) is 0 Å². The lowest BCUT2D eigenvalue weighted by Crippen LogP contribution is -2.38. The lowest BCUT2D eigenvalue weighted by molar-refractivity contribution is 0.378. The first kappa shape index (κ1) is 13.7. The van der Waals surface area contributed by atoms with Crippen molar-refractivity contribution in [1.82, 2.24) is 5.32 Å². The van der Waals surface area contributed by atoms with Gasteiger partial charge < -0.3 is 5.32 Å². The van der Waals surface area contributed by atoms with Gasteiger partial charge in [0.15, 0.2) is 0 Å². The Morgan fingerprint density at radius 3 is 2.44 bits per heavy atom. The SMILES string of the molecule is Cc1ccc(CNC(C)(C)CCBr)cc1C. The summed E-state index contributed by atoms with van der Waals surface area (Å²) in [6.07, 6.45) is 1.14. The molecule has 2 heteroatoms. The summed E-state index contributed by atoms with van der Waals surface area (Å²) in [6, 6.07) is 6.68. The smallest absolute Gasteiger partial charge is 0.0210 e. The van der Waals surface area contributed by atoms with E-state index in [1.807, 2.05) is 0 Å². The zero-order valence-corrected chi connectivity index (χ0v) is 12.3. The van der Waals surface area contributed by atoms with Gasteiger partial charge in [-0.05, 0) is 50.8 Å². The van der Waals surface area contributed by atoms with Crippen LogP contribution < -0.4 is 5.32 Å². The van der Waals surface area contributed by atoms with Gasteiger partial charge in [-0.15, -0.1) is 0 Å². The Labute approximate surface area is 108 Å². The molecule has 0 fully saturated rings. The molecule has 0 amide bonds. The molecule has 1 nitrogen and oxygen atoms in total. The summed E-state index contributed by atoms with van der Waals surface area (Å²) in [7, 11) is 0. The average Bonchev–Trinajstić information content (AvgIpc) is 2.20. The van der Waals surface area contributed by atoms with Gasteiger partial charge in [0.2, 0.25) is 0 Å². The Morgan fingerprint density at radius 2 is 1.88 bits per heavy atom. The molecule has 16 heavy (non-hydrogen) atoms. The van der Waals surface area contributed by atoms with Crippen LogP contribution in [0.25, 0.3) is 0 Å². The van der Waals surface area contributed by atoms with Gasteiger partial charge in [-0.1, -0.05) is 34.1 Å². The predicted molar refractivity (Wildman–Crippen MR) is 75.2 cm³/mol. The maximum atomic E-state index is 3.59. The predicted octanol–water partition coefficient (Wildman–Crippen LogP) is 3.96. The third kappa shape index (κ3) is 4.26. The van der Waals surface area contributed by atoms with Crippen molar-refractivity contribution in [3.05, 3.63) is 34.9 Å². The normalized spacial score (nSPS) is 11.8. The van der Waals surface area contributed by atoms with Gasteiger partial charge in [0.1, 0.15) is 0 Å². The second-order valence-corrected chi connectivity index (χ2v) is 5.89. The fourth-order valence-electron chi connectivity index (χ4n) is 1.58. The molecule has 90 valence electrons. The van der Waals surface area contributed by atoms with Crippen LogP contribution in [0.4, 0.5) is 0 Å². The van der Waals surface area contributed by atoms with Crippen LogP contribution in [0.5, 0.6) is 0 Å². The van der Waals surface area contributed by atoms with Crippen LogP contribution in [0, 0.1) is 13.8 Å². The highest BCUT2D eigenvalue weighted by Gasteiger charge is 2.15. The number of halogens is 1.